The molecule has 0 saturated carbocycles. The first-order chi connectivity index (χ1) is 11.9. The summed E-state index contributed by atoms with van der Waals surface area (Å²) in [6, 6.07) is 14.2. The molecule has 2 heterocycles. The molecule has 0 unspecified atom stereocenters. The van der Waals surface area contributed by atoms with E-state index in [1.807, 2.05) is 36.4 Å². The first-order valence-corrected chi connectivity index (χ1v) is 7.76. The number of fused-ring (bicyclic) bond motifs is 2. The second kappa shape index (κ2) is 5.31. The molecule has 0 atom stereocenters. The van der Waals surface area contributed by atoms with E-state index in [0.717, 1.165) is 16.8 Å². The predicted molar refractivity (Wildman–Crippen MR) is 91.2 cm³/mol. The number of alkyl halides is 3. The van der Waals surface area contributed by atoms with Crippen LogP contribution in [0.15, 0.2) is 48.5 Å². The molecule has 0 aliphatic rings. The summed E-state index contributed by atoms with van der Waals surface area (Å²) in [5, 5.41) is 5.99. The van der Waals surface area contributed by atoms with Gasteiger partial charge in [0.15, 0.2) is 5.65 Å². The minimum Gasteiger partial charge on any atom is -0.250 e. The summed E-state index contributed by atoms with van der Waals surface area (Å²) in [7, 11) is 1.61. The third-order valence-corrected chi connectivity index (χ3v) is 4.34. The van der Waals surface area contributed by atoms with Crippen LogP contribution in [0.3, 0.4) is 0 Å². The Hall–Kier alpha value is -2.89. The lowest BCUT2D eigenvalue weighted by Gasteiger charge is -2.12. The smallest absolute Gasteiger partial charge is 0.250 e. The number of hydrogen-bond donors (Lipinski definition) is 0. The number of pyridine rings is 1. The van der Waals surface area contributed by atoms with E-state index in [2.05, 4.69) is 10.1 Å². The van der Waals surface area contributed by atoms with Crippen molar-refractivity contribution in [2.24, 2.45) is 7.05 Å². The molecule has 0 bridgehead atoms. The van der Waals surface area contributed by atoms with Gasteiger partial charge in [-0.15, -0.1) is 0 Å². The first-order valence-electron chi connectivity index (χ1n) is 7.76. The lowest BCUT2D eigenvalue weighted by atomic mass is 9.99. The predicted octanol–water partition coefficient (Wildman–Crippen LogP) is 5.12. The van der Waals surface area contributed by atoms with Gasteiger partial charge in [-0.25, -0.2) is 4.98 Å². The molecule has 4 rings (SSSR count). The topological polar surface area (TPSA) is 30.7 Å². The summed E-state index contributed by atoms with van der Waals surface area (Å²) in [6.45, 7) is 1.57. The van der Waals surface area contributed by atoms with Crippen LogP contribution >= 0.6 is 0 Å². The molecule has 0 spiro atoms. The van der Waals surface area contributed by atoms with E-state index in [1.54, 1.807) is 20.0 Å². The molecular formula is C19H14F3N3. The minimum absolute atomic E-state index is 0.0546. The summed E-state index contributed by atoms with van der Waals surface area (Å²) < 4.78 is 42.4. The fraction of sp³-hybridized carbons (Fsp3) is 0.158. The van der Waals surface area contributed by atoms with Crippen LogP contribution in [0, 0.1) is 6.92 Å². The second-order valence-corrected chi connectivity index (χ2v) is 5.99. The van der Waals surface area contributed by atoms with Gasteiger partial charge in [0.1, 0.15) is 0 Å². The minimum atomic E-state index is -4.48. The quantitative estimate of drug-likeness (QED) is 0.481. The number of benzene rings is 2. The Kier molecular flexibility index (Phi) is 3.32. The van der Waals surface area contributed by atoms with E-state index in [1.165, 1.54) is 4.68 Å². The Morgan fingerprint density at radius 1 is 1.00 bits per heavy atom. The zero-order valence-electron chi connectivity index (χ0n) is 13.6. The molecule has 25 heavy (non-hydrogen) atoms. The molecule has 0 fully saturated rings. The van der Waals surface area contributed by atoms with Crippen molar-refractivity contribution in [3.8, 4) is 11.3 Å². The maximum atomic E-state index is 13.7. The largest absolute Gasteiger partial charge is 0.417 e. The fourth-order valence-electron chi connectivity index (χ4n) is 3.26. The van der Waals surface area contributed by atoms with E-state index in [-0.39, 0.29) is 11.0 Å². The summed E-state index contributed by atoms with van der Waals surface area (Å²) in [4.78, 5) is 4.49. The molecule has 4 aromatic rings. The second-order valence-electron chi connectivity index (χ2n) is 5.99. The van der Waals surface area contributed by atoms with Gasteiger partial charge in [0, 0.05) is 12.6 Å². The van der Waals surface area contributed by atoms with Gasteiger partial charge in [-0.2, -0.15) is 18.3 Å². The zero-order valence-corrected chi connectivity index (χ0v) is 13.6. The summed E-state index contributed by atoms with van der Waals surface area (Å²) >= 11 is 0. The maximum absolute atomic E-state index is 13.7. The van der Waals surface area contributed by atoms with Gasteiger partial charge < -0.3 is 0 Å². The van der Waals surface area contributed by atoms with Crippen LogP contribution in [-0.2, 0) is 13.2 Å². The number of halogens is 3. The third-order valence-electron chi connectivity index (χ3n) is 4.34. The van der Waals surface area contributed by atoms with E-state index in [9.17, 15) is 13.2 Å². The lowest BCUT2D eigenvalue weighted by Crippen LogP contribution is -2.07. The van der Waals surface area contributed by atoms with Crippen molar-refractivity contribution in [1.82, 2.24) is 14.8 Å². The van der Waals surface area contributed by atoms with Gasteiger partial charge >= 0.3 is 6.18 Å². The molecule has 3 nitrogen and oxygen atoms in total. The van der Waals surface area contributed by atoms with E-state index < -0.39 is 11.7 Å². The van der Waals surface area contributed by atoms with Crippen molar-refractivity contribution >= 4 is 21.8 Å². The summed E-state index contributed by atoms with van der Waals surface area (Å²) in [6.07, 6.45) is -4.48. The SMILES string of the molecule is Cc1nn(C)c2nc(-c3cccc4ccccc34)cc(C(F)(F)F)c12. The van der Waals surface area contributed by atoms with Gasteiger partial charge in [0.2, 0.25) is 0 Å². The van der Waals surface area contributed by atoms with Crippen LogP contribution in [0.5, 0.6) is 0 Å². The molecule has 0 aliphatic heterocycles. The van der Waals surface area contributed by atoms with Crippen LogP contribution in [0.1, 0.15) is 11.3 Å². The van der Waals surface area contributed by atoms with Crippen molar-refractivity contribution in [3.05, 3.63) is 59.8 Å². The number of aromatic nitrogens is 3. The highest BCUT2D eigenvalue weighted by atomic mass is 19.4. The van der Waals surface area contributed by atoms with Gasteiger partial charge in [0.25, 0.3) is 0 Å². The summed E-state index contributed by atoms with van der Waals surface area (Å²) in [5.41, 5.74) is 0.812. The van der Waals surface area contributed by atoms with E-state index >= 15 is 0 Å². The Balaban J connectivity index is 2.11. The van der Waals surface area contributed by atoms with Crippen molar-refractivity contribution < 1.29 is 13.2 Å². The highest BCUT2D eigenvalue weighted by Gasteiger charge is 2.35. The molecule has 0 amide bonds. The highest BCUT2D eigenvalue weighted by Crippen LogP contribution is 2.39. The average molecular weight is 341 g/mol. The van der Waals surface area contributed by atoms with Crippen LogP contribution in [-0.4, -0.2) is 14.8 Å². The van der Waals surface area contributed by atoms with Gasteiger partial charge in [-0.1, -0.05) is 42.5 Å². The van der Waals surface area contributed by atoms with Crippen LogP contribution in [0.25, 0.3) is 33.1 Å². The maximum Gasteiger partial charge on any atom is 0.417 e. The normalized spacial score (nSPS) is 12.2. The molecule has 126 valence electrons. The van der Waals surface area contributed by atoms with Crippen LogP contribution in [0.4, 0.5) is 13.2 Å². The summed E-state index contributed by atoms with van der Waals surface area (Å²) in [5.74, 6) is 0. The Morgan fingerprint density at radius 3 is 2.48 bits per heavy atom. The van der Waals surface area contributed by atoms with Crippen molar-refractivity contribution in [1.29, 1.82) is 0 Å². The molecule has 0 aliphatic carbocycles. The number of rotatable bonds is 1. The molecule has 0 radical (unpaired) electrons. The van der Waals surface area contributed by atoms with E-state index in [4.69, 9.17) is 0 Å². The molecule has 6 heteroatoms. The zero-order chi connectivity index (χ0) is 17.8. The standard InChI is InChI=1S/C19H14F3N3/c1-11-17-15(19(20,21)22)10-16(23-18(17)25(2)24-11)14-9-5-7-12-6-3-4-8-13(12)14/h3-10H,1-2H3. The molecule has 2 aromatic heterocycles. The number of aryl methyl sites for hydroxylation is 2. The molecule has 0 saturated heterocycles. The average Bonchev–Trinajstić information content (AvgIpc) is 2.87. The third kappa shape index (κ3) is 2.45. The van der Waals surface area contributed by atoms with Crippen molar-refractivity contribution in [3.63, 3.8) is 0 Å². The lowest BCUT2D eigenvalue weighted by molar-refractivity contribution is -0.136. The van der Waals surface area contributed by atoms with Crippen molar-refractivity contribution in [2.45, 2.75) is 13.1 Å². The Morgan fingerprint density at radius 2 is 1.72 bits per heavy atom. The van der Waals surface area contributed by atoms with Crippen LogP contribution < -0.4 is 0 Å². The number of hydrogen-bond acceptors (Lipinski definition) is 2. The number of nitrogens with zero attached hydrogens (tertiary/aromatic N) is 3. The van der Waals surface area contributed by atoms with Gasteiger partial charge in [0.05, 0.1) is 22.3 Å². The Labute approximate surface area is 141 Å². The molecular weight excluding hydrogens is 327 g/mol. The van der Waals surface area contributed by atoms with Crippen molar-refractivity contribution in [2.75, 3.05) is 0 Å². The van der Waals surface area contributed by atoms with Crippen LogP contribution in [0.2, 0.25) is 0 Å². The monoisotopic (exact) mass is 341 g/mol. The molecule has 0 N–H and O–H groups in total. The highest BCUT2D eigenvalue weighted by molar-refractivity contribution is 5.97. The first kappa shape index (κ1) is 15.6. The Bertz CT molecular complexity index is 1100. The van der Waals surface area contributed by atoms with Gasteiger partial charge in [-0.3, -0.25) is 4.68 Å². The van der Waals surface area contributed by atoms with Gasteiger partial charge in [-0.05, 0) is 23.8 Å². The van der Waals surface area contributed by atoms with E-state index in [0.29, 0.717) is 17.0 Å². The molecule has 2 aromatic carbocycles. The fourth-order valence-corrected chi connectivity index (χ4v) is 3.26.